The van der Waals surface area contributed by atoms with Gasteiger partial charge in [-0.05, 0) is 31.2 Å². The van der Waals surface area contributed by atoms with Crippen molar-refractivity contribution in [1.29, 1.82) is 0 Å². The number of benzene rings is 1. The third-order valence-corrected chi connectivity index (χ3v) is 2.45. The highest BCUT2D eigenvalue weighted by Gasteiger charge is 2.08. The minimum atomic E-state index is -0.350. The molecule has 0 saturated carbocycles. The Morgan fingerprint density at radius 3 is 2.67 bits per heavy atom. The molecule has 1 aromatic heterocycles. The lowest BCUT2D eigenvalue weighted by atomic mass is 10.1. The highest BCUT2D eigenvalue weighted by Crippen LogP contribution is 2.16. The van der Waals surface area contributed by atoms with Crippen molar-refractivity contribution in [2.24, 2.45) is 11.7 Å². The summed E-state index contributed by atoms with van der Waals surface area (Å²) in [5.41, 5.74) is 4.75. The second kappa shape index (κ2) is 6.52. The number of fused-ring (bicyclic) bond motifs is 1. The van der Waals surface area contributed by atoms with Crippen LogP contribution in [0.15, 0.2) is 27.4 Å². The van der Waals surface area contributed by atoms with Crippen LogP contribution in [0, 0.1) is 5.92 Å². The van der Waals surface area contributed by atoms with Crippen LogP contribution in [-0.4, -0.2) is 12.0 Å². The molecular formula is C13H17ClN2O2. The molecule has 0 saturated heterocycles. The minimum absolute atomic E-state index is 0.350. The number of hydrogen-bond acceptors (Lipinski definition) is 4. The molecule has 0 spiro atoms. The largest absolute Gasteiger partial charge is 0.408 e. The molecule has 2 aromatic rings. The third-order valence-electron chi connectivity index (χ3n) is 2.22. The Labute approximate surface area is 111 Å². The van der Waals surface area contributed by atoms with E-state index in [1.165, 1.54) is 7.05 Å². The first-order valence-electron chi connectivity index (χ1n) is 5.73. The Balaban J connectivity index is 0.000000771. The molecule has 0 aliphatic heterocycles. The molecule has 18 heavy (non-hydrogen) atoms. The Morgan fingerprint density at radius 2 is 2.06 bits per heavy atom. The summed E-state index contributed by atoms with van der Waals surface area (Å²) < 4.78 is 5.13. The standard InChI is InChI=1S/C12H12ClNO2.CH5N/c1-7(2)5-11-14-10-6-8(13)3-4-9(10)12(15)16-11;1-2/h3-4,6-7H,5H2,1-2H3;2H2,1H3. The lowest BCUT2D eigenvalue weighted by molar-refractivity contribution is 0.417. The van der Waals surface area contributed by atoms with Crippen LogP contribution in [0.2, 0.25) is 5.02 Å². The molecule has 0 unspecified atom stereocenters. The van der Waals surface area contributed by atoms with Gasteiger partial charge in [0.25, 0.3) is 0 Å². The summed E-state index contributed by atoms with van der Waals surface area (Å²) in [4.78, 5) is 15.9. The van der Waals surface area contributed by atoms with Crippen molar-refractivity contribution in [1.82, 2.24) is 4.98 Å². The van der Waals surface area contributed by atoms with E-state index >= 15 is 0 Å². The molecule has 0 aliphatic rings. The Bertz CT molecular complexity index is 579. The molecule has 0 atom stereocenters. The van der Waals surface area contributed by atoms with Crippen LogP contribution in [0.5, 0.6) is 0 Å². The van der Waals surface area contributed by atoms with Gasteiger partial charge in [-0.1, -0.05) is 25.4 Å². The van der Waals surface area contributed by atoms with E-state index in [-0.39, 0.29) is 5.63 Å². The first kappa shape index (κ1) is 14.7. The van der Waals surface area contributed by atoms with Gasteiger partial charge in [-0.25, -0.2) is 9.78 Å². The van der Waals surface area contributed by atoms with Gasteiger partial charge in [-0.15, -0.1) is 0 Å². The second-order valence-electron chi connectivity index (χ2n) is 4.15. The molecule has 98 valence electrons. The zero-order chi connectivity index (χ0) is 13.7. The number of hydrogen-bond donors (Lipinski definition) is 1. The molecule has 0 aliphatic carbocycles. The quantitative estimate of drug-likeness (QED) is 0.909. The highest BCUT2D eigenvalue weighted by molar-refractivity contribution is 6.31. The molecule has 0 fully saturated rings. The smallest absolute Gasteiger partial charge is 0.346 e. The van der Waals surface area contributed by atoms with E-state index in [0.717, 1.165) is 0 Å². The normalized spacial score (nSPS) is 10.3. The Kier molecular flexibility index (Phi) is 5.31. The summed E-state index contributed by atoms with van der Waals surface area (Å²) >= 11 is 5.86. The van der Waals surface area contributed by atoms with Gasteiger partial charge in [0.05, 0.1) is 10.9 Å². The van der Waals surface area contributed by atoms with Crippen molar-refractivity contribution in [3.05, 3.63) is 39.5 Å². The van der Waals surface area contributed by atoms with Crippen molar-refractivity contribution in [3.8, 4) is 0 Å². The second-order valence-corrected chi connectivity index (χ2v) is 4.59. The van der Waals surface area contributed by atoms with Crippen molar-refractivity contribution in [2.45, 2.75) is 20.3 Å². The van der Waals surface area contributed by atoms with Gasteiger partial charge in [0.15, 0.2) is 5.89 Å². The van der Waals surface area contributed by atoms with Gasteiger partial charge >= 0.3 is 5.63 Å². The predicted octanol–water partition coefficient (Wildman–Crippen LogP) is 2.61. The molecule has 5 heteroatoms. The first-order valence-corrected chi connectivity index (χ1v) is 6.11. The fourth-order valence-electron chi connectivity index (χ4n) is 1.53. The zero-order valence-electron chi connectivity index (χ0n) is 10.7. The summed E-state index contributed by atoms with van der Waals surface area (Å²) in [6.45, 7) is 4.09. The lowest BCUT2D eigenvalue weighted by Gasteiger charge is -2.03. The van der Waals surface area contributed by atoms with Crippen molar-refractivity contribution < 1.29 is 4.42 Å². The minimum Gasteiger partial charge on any atom is -0.408 e. The van der Waals surface area contributed by atoms with Gasteiger partial charge in [0.1, 0.15) is 0 Å². The van der Waals surface area contributed by atoms with E-state index in [1.54, 1.807) is 18.2 Å². The van der Waals surface area contributed by atoms with E-state index in [4.69, 9.17) is 16.0 Å². The van der Waals surface area contributed by atoms with E-state index in [1.807, 2.05) is 13.8 Å². The number of rotatable bonds is 2. The van der Waals surface area contributed by atoms with Gasteiger partial charge < -0.3 is 10.2 Å². The van der Waals surface area contributed by atoms with Crippen molar-refractivity contribution in [3.63, 3.8) is 0 Å². The van der Waals surface area contributed by atoms with E-state index in [9.17, 15) is 4.79 Å². The summed E-state index contributed by atoms with van der Waals surface area (Å²) in [6.07, 6.45) is 0.650. The van der Waals surface area contributed by atoms with Gasteiger partial charge in [0, 0.05) is 11.4 Å². The predicted molar refractivity (Wildman–Crippen MR) is 73.9 cm³/mol. The maximum absolute atomic E-state index is 11.6. The summed E-state index contributed by atoms with van der Waals surface area (Å²) in [6, 6.07) is 4.97. The Morgan fingerprint density at radius 1 is 1.39 bits per heavy atom. The van der Waals surface area contributed by atoms with Gasteiger partial charge in [0.2, 0.25) is 0 Å². The number of aromatic nitrogens is 1. The van der Waals surface area contributed by atoms with Gasteiger partial charge in [-0.2, -0.15) is 0 Å². The highest BCUT2D eigenvalue weighted by atomic mass is 35.5. The molecule has 2 N–H and O–H groups in total. The number of halogens is 1. The van der Waals surface area contributed by atoms with Gasteiger partial charge in [-0.3, -0.25) is 0 Å². The molecule has 2 rings (SSSR count). The SMILES string of the molecule is CC(C)Cc1nc2cc(Cl)ccc2c(=O)o1.CN. The summed E-state index contributed by atoms with van der Waals surface area (Å²) in [5.74, 6) is 0.863. The monoisotopic (exact) mass is 268 g/mol. The first-order chi connectivity index (χ1) is 8.56. The van der Waals surface area contributed by atoms with Crippen LogP contribution in [0.25, 0.3) is 10.9 Å². The fourth-order valence-corrected chi connectivity index (χ4v) is 1.69. The van der Waals surface area contributed by atoms with Crippen molar-refractivity contribution >= 4 is 22.5 Å². The molecule has 0 amide bonds. The number of nitrogens with zero attached hydrogens (tertiary/aromatic N) is 1. The molecule has 0 bridgehead atoms. The molecule has 0 radical (unpaired) electrons. The van der Waals surface area contributed by atoms with Crippen molar-refractivity contribution in [2.75, 3.05) is 7.05 Å². The average molecular weight is 269 g/mol. The van der Waals surface area contributed by atoms with E-state index in [0.29, 0.717) is 34.2 Å². The average Bonchev–Trinajstić information content (AvgIpc) is 2.30. The molecular weight excluding hydrogens is 252 g/mol. The summed E-state index contributed by atoms with van der Waals surface area (Å²) in [5, 5.41) is 1.04. The van der Waals surface area contributed by atoms with Crippen LogP contribution >= 0.6 is 11.6 Å². The zero-order valence-corrected chi connectivity index (χ0v) is 11.5. The van der Waals surface area contributed by atoms with Crippen LogP contribution in [0.3, 0.4) is 0 Å². The maximum atomic E-state index is 11.6. The Hall–Kier alpha value is -1.39. The van der Waals surface area contributed by atoms with Crippen LogP contribution < -0.4 is 11.4 Å². The van der Waals surface area contributed by atoms with Crippen LogP contribution in [0.1, 0.15) is 19.7 Å². The summed E-state index contributed by atoms with van der Waals surface area (Å²) in [7, 11) is 1.50. The van der Waals surface area contributed by atoms with E-state index < -0.39 is 0 Å². The van der Waals surface area contributed by atoms with Crippen LogP contribution in [0.4, 0.5) is 0 Å². The topological polar surface area (TPSA) is 69.1 Å². The van der Waals surface area contributed by atoms with E-state index in [2.05, 4.69) is 10.7 Å². The lowest BCUT2D eigenvalue weighted by Crippen LogP contribution is -2.07. The molecule has 4 nitrogen and oxygen atoms in total. The number of nitrogens with two attached hydrogens (primary N) is 1. The molecule has 1 aromatic carbocycles. The fraction of sp³-hybridized carbons (Fsp3) is 0.385. The molecule has 1 heterocycles. The maximum Gasteiger partial charge on any atom is 0.346 e. The third kappa shape index (κ3) is 3.55. The van der Waals surface area contributed by atoms with Crippen LogP contribution in [-0.2, 0) is 6.42 Å².